The van der Waals surface area contributed by atoms with Crippen LogP contribution in [0.5, 0.6) is 0 Å². The summed E-state index contributed by atoms with van der Waals surface area (Å²) in [6.07, 6.45) is 1.57. The molecule has 0 unspecified atom stereocenters. The van der Waals surface area contributed by atoms with E-state index in [-0.39, 0.29) is 17.8 Å². The van der Waals surface area contributed by atoms with Crippen LogP contribution in [0.2, 0.25) is 0 Å². The van der Waals surface area contributed by atoms with E-state index in [0.717, 1.165) is 34.7 Å². The number of aryl methyl sites for hydroxylation is 1. The van der Waals surface area contributed by atoms with Crippen LogP contribution in [0, 0.1) is 12.8 Å². The van der Waals surface area contributed by atoms with Gasteiger partial charge in [0.1, 0.15) is 5.03 Å². The van der Waals surface area contributed by atoms with Gasteiger partial charge in [0.15, 0.2) is 0 Å². The molecule has 6 nitrogen and oxygen atoms in total. The van der Waals surface area contributed by atoms with Crippen LogP contribution in [0.4, 0.5) is 0 Å². The maximum Gasteiger partial charge on any atom is 0.310 e. The second-order valence-electron chi connectivity index (χ2n) is 8.45. The Kier molecular flexibility index (Phi) is 7.95. The number of rotatable bonds is 7. The van der Waals surface area contributed by atoms with Gasteiger partial charge >= 0.3 is 5.97 Å². The normalized spacial score (nSPS) is 15.7. The third-order valence-corrected chi connectivity index (χ3v) is 6.87. The number of nitrogens with zero attached hydrogens (tertiary/aromatic N) is 3. The Hall–Kier alpha value is -3.19. The number of piperidine rings is 1. The zero-order valence-electron chi connectivity index (χ0n) is 19.6. The van der Waals surface area contributed by atoms with Crippen LogP contribution in [0.1, 0.15) is 41.3 Å². The van der Waals surface area contributed by atoms with E-state index in [2.05, 4.69) is 29.3 Å². The standard InChI is InChI=1S/C27H29N3O3S/c1-3-33-27(32)23-8-5-15-30(17-23)26(31)22-7-4-6-20(16-22)18-34-25-14-13-24(28-29-25)21-11-9-19(2)10-12-21/h4,6-7,9-14,16,23H,3,5,8,15,17-18H2,1-2H3/t23-/m1/s1. The minimum absolute atomic E-state index is 0.0388. The molecule has 2 aromatic carbocycles. The summed E-state index contributed by atoms with van der Waals surface area (Å²) < 4.78 is 5.15. The van der Waals surface area contributed by atoms with Crippen molar-refractivity contribution in [2.75, 3.05) is 19.7 Å². The van der Waals surface area contributed by atoms with E-state index in [1.165, 1.54) is 5.56 Å². The van der Waals surface area contributed by atoms with E-state index in [9.17, 15) is 9.59 Å². The van der Waals surface area contributed by atoms with Gasteiger partial charge in [0.05, 0.1) is 18.2 Å². The van der Waals surface area contributed by atoms with Crippen LogP contribution in [0.3, 0.4) is 0 Å². The number of esters is 1. The molecule has 0 spiro atoms. The van der Waals surface area contributed by atoms with Gasteiger partial charge < -0.3 is 9.64 Å². The lowest BCUT2D eigenvalue weighted by Gasteiger charge is -2.31. The molecule has 0 N–H and O–H groups in total. The summed E-state index contributed by atoms with van der Waals surface area (Å²) in [6.45, 7) is 5.31. The van der Waals surface area contributed by atoms with Crippen molar-refractivity contribution in [2.45, 2.75) is 37.5 Å². The Morgan fingerprint density at radius 1 is 1.09 bits per heavy atom. The van der Waals surface area contributed by atoms with E-state index < -0.39 is 0 Å². The Bertz CT molecular complexity index is 1130. The van der Waals surface area contributed by atoms with Crippen LogP contribution in [-0.2, 0) is 15.3 Å². The van der Waals surface area contributed by atoms with E-state index in [4.69, 9.17) is 4.74 Å². The zero-order chi connectivity index (χ0) is 23.9. The summed E-state index contributed by atoms with van der Waals surface area (Å²) >= 11 is 1.59. The quantitative estimate of drug-likeness (QED) is 0.347. The number of thioether (sulfide) groups is 1. The highest BCUT2D eigenvalue weighted by atomic mass is 32.2. The number of ether oxygens (including phenoxy) is 1. The molecule has 2 heterocycles. The van der Waals surface area contributed by atoms with Crippen molar-refractivity contribution < 1.29 is 14.3 Å². The molecule has 1 atom stereocenters. The van der Waals surface area contributed by atoms with Crippen molar-refractivity contribution in [3.63, 3.8) is 0 Å². The largest absolute Gasteiger partial charge is 0.466 e. The molecular formula is C27H29N3O3S. The van der Waals surface area contributed by atoms with Gasteiger partial charge in [-0.3, -0.25) is 9.59 Å². The molecule has 0 saturated carbocycles. The average molecular weight is 476 g/mol. The summed E-state index contributed by atoms with van der Waals surface area (Å²) in [5.41, 5.74) is 4.79. The predicted octanol–water partition coefficient (Wildman–Crippen LogP) is 5.16. The third kappa shape index (κ3) is 6.03. The molecule has 4 rings (SSSR count). The van der Waals surface area contributed by atoms with Crippen LogP contribution < -0.4 is 0 Å². The highest BCUT2D eigenvalue weighted by Crippen LogP contribution is 2.25. The minimum atomic E-state index is -0.238. The molecule has 7 heteroatoms. The van der Waals surface area contributed by atoms with Gasteiger partial charge in [-0.15, -0.1) is 10.2 Å². The number of carbonyl (C=O) groups excluding carboxylic acids is 2. The summed E-state index contributed by atoms with van der Waals surface area (Å²) in [5, 5.41) is 9.55. The SMILES string of the molecule is CCOC(=O)[C@@H]1CCCN(C(=O)c2cccc(CSc3ccc(-c4ccc(C)cc4)nn3)c2)C1. The predicted molar refractivity (Wildman–Crippen MR) is 133 cm³/mol. The molecule has 1 aromatic heterocycles. The zero-order valence-corrected chi connectivity index (χ0v) is 20.4. The lowest BCUT2D eigenvalue weighted by molar-refractivity contribution is -0.149. The van der Waals surface area contributed by atoms with Crippen molar-refractivity contribution in [3.05, 3.63) is 77.4 Å². The fraction of sp³-hybridized carbons (Fsp3) is 0.333. The maximum absolute atomic E-state index is 13.1. The molecule has 3 aromatic rings. The summed E-state index contributed by atoms with van der Waals surface area (Å²) in [6, 6.07) is 19.9. The van der Waals surface area contributed by atoms with Crippen molar-refractivity contribution in [2.24, 2.45) is 5.92 Å². The topological polar surface area (TPSA) is 72.4 Å². The fourth-order valence-electron chi connectivity index (χ4n) is 4.02. The molecule has 1 fully saturated rings. The van der Waals surface area contributed by atoms with Crippen molar-refractivity contribution >= 4 is 23.6 Å². The number of hydrogen-bond donors (Lipinski definition) is 0. The van der Waals surface area contributed by atoms with Crippen LogP contribution in [-0.4, -0.2) is 46.7 Å². The molecule has 0 radical (unpaired) electrons. The fourth-order valence-corrected chi connectivity index (χ4v) is 4.78. The lowest BCUT2D eigenvalue weighted by atomic mass is 9.97. The van der Waals surface area contributed by atoms with Gasteiger partial charge in [-0.1, -0.05) is 53.7 Å². The number of aromatic nitrogens is 2. The monoisotopic (exact) mass is 475 g/mol. The molecule has 1 saturated heterocycles. The van der Waals surface area contributed by atoms with Gasteiger partial charge in [0.25, 0.3) is 5.91 Å². The first kappa shape index (κ1) is 24.0. The lowest BCUT2D eigenvalue weighted by Crippen LogP contribution is -2.42. The van der Waals surface area contributed by atoms with E-state index >= 15 is 0 Å². The summed E-state index contributed by atoms with van der Waals surface area (Å²) in [5.74, 6) is 0.200. The summed E-state index contributed by atoms with van der Waals surface area (Å²) in [4.78, 5) is 27.0. The molecule has 0 bridgehead atoms. The number of carbonyl (C=O) groups is 2. The first-order valence-electron chi connectivity index (χ1n) is 11.6. The molecule has 34 heavy (non-hydrogen) atoms. The second-order valence-corrected chi connectivity index (χ2v) is 9.45. The van der Waals surface area contributed by atoms with Gasteiger partial charge in [-0.2, -0.15) is 0 Å². The Morgan fingerprint density at radius 3 is 2.65 bits per heavy atom. The molecule has 1 amide bonds. The number of amides is 1. The van der Waals surface area contributed by atoms with E-state index in [1.54, 1.807) is 23.6 Å². The molecule has 1 aliphatic rings. The van der Waals surface area contributed by atoms with Crippen LogP contribution in [0.15, 0.2) is 65.7 Å². The Labute approximate surface area is 204 Å². The van der Waals surface area contributed by atoms with E-state index in [1.807, 2.05) is 48.5 Å². The maximum atomic E-state index is 13.1. The smallest absolute Gasteiger partial charge is 0.310 e. The van der Waals surface area contributed by atoms with Crippen molar-refractivity contribution in [3.8, 4) is 11.3 Å². The average Bonchev–Trinajstić information content (AvgIpc) is 2.88. The number of hydrogen-bond acceptors (Lipinski definition) is 6. The minimum Gasteiger partial charge on any atom is -0.466 e. The van der Waals surface area contributed by atoms with Crippen LogP contribution in [0.25, 0.3) is 11.3 Å². The van der Waals surface area contributed by atoms with Gasteiger partial charge in [-0.05, 0) is 56.5 Å². The molecule has 1 aliphatic heterocycles. The molecular weight excluding hydrogens is 446 g/mol. The third-order valence-electron chi connectivity index (χ3n) is 5.88. The van der Waals surface area contributed by atoms with Crippen molar-refractivity contribution in [1.29, 1.82) is 0 Å². The Balaban J connectivity index is 1.36. The van der Waals surface area contributed by atoms with E-state index in [0.29, 0.717) is 31.0 Å². The highest BCUT2D eigenvalue weighted by molar-refractivity contribution is 7.98. The first-order chi connectivity index (χ1) is 16.5. The van der Waals surface area contributed by atoms with Crippen molar-refractivity contribution in [1.82, 2.24) is 15.1 Å². The van der Waals surface area contributed by atoms with Gasteiger partial charge in [-0.25, -0.2) is 0 Å². The second kappa shape index (κ2) is 11.3. The number of likely N-dealkylation sites (tertiary alicyclic amines) is 1. The first-order valence-corrected chi connectivity index (χ1v) is 12.6. The highest BCUT2D eigenvalue weighted by Gasteiger charge is 2.29. The Morgan fingerprint density at radius 2 is 1.91 bits per heavy atom. The van der Waals surface area contributed by atoms with Crippen LogP contribution >= 0.6 is 11.8 Å². The van der Waals surface area contributed by atoms with Gasteiger partial charge in [0.2, 0.25) is 0 Å². The number of benzene rings is 2. The van der Waals surface area contributed by atoms with Gasteiger partial charge in [0, 0.05) is 30.0 Å². The summed E-state index contributed by atoms with van der Waals surface area (Å²) in [7, 11) is 0. The molecule has 176 valence electrons. The molecule has 0 aliphatic carbocycles.